The maximum atomic E-state index is 5.43. The molecule has 1 nitrogen and oxygen atoms in total. The third-order valence-corrected chi connectivity index (χ3v) is 3.73. The van der Waals surface area contributed by atoms with Crippen LogP contribution in [0.1, 0.15) is 47.5 Å². The van der Waals surface area contributed by atoms with E-state index in [0.717, 1.165) is 17.8 Å². The molecule has 1 aliphatic rings. The molecule has 86 valence electrons. The van der Waals surface area contributed by atoms with Crippen LogP contribution in [0.4, 0.5) is 0 Å². The average Bonchev–Trinajstić information content (AvgIpc) is 2.09. The second-order valence-electron chi connectivity index (χ2n) is 5.56. The summed E-state index contributed by atoms with van der Waals surface area (Å²) >= 11 is 5.43. The Labute approximate surface area is 99.3 Å². The fourth-order valence-corrected chi connectivity index (χ4v) is 2.21. The Hall–Kier alpha value is -0.370. The van der Waals surface area contributed by atoms with Crippen molar-refractivity contribution in [2.75, 3.05) is 0 Å². The fraction of sp³-hybridized carbons (Fsp3) is 0.769. The summed E-state index contributed by atoms with van der Waals surface area (Å²) < 4.78 is 0. The number of rotatable bonds is 3. The Bertz CT molecular complexity index is 278. The Morgan fingerprint density at radius 3 is 2.40 bits per heavy atom. The fourth-order valence-electron chi connectivity index (χ4n) is 1.81. The quantitative estimate of drug-likeness (QED) is 0.735. The Morgan fingerprint density at radius 2 is 2.00 bits per heavy atom. The predicted octanol–water partition coefficient (Wildman–Crippen LogP) is 3.69. The first-order chi connectivity index (χ1) is 6.85. The highest BCUT2D eigenvalue weighted by Crippen LogP contribution is 2.28. The van der Waals surface area contributed by atoms with Crippen LogP contribution in [0.3, 0.4) is 0 Å². The summed E-state index contributed by atoms with van der Waals surface area (Å²) in [5.41, 5.74) is 1.48. The van der Waals surface area contributed by atoms with Crippen LogP contribution in [0.15, 0.2) is 11.6 Å². The van der Waals surface area contributed by atoms with Gasteiger partial charge in [0.1, 0.15) is 4.99 Å². The van der Waals surface area contributed by atoms with E-state index in [9.17, 15) is 0 Å². The Balaban J connectivity index is 2.75. The minimum atomic E-state index is 0.150. The molecular formula is C13H23NS. The van der Waals surface area contributed by atoms with E-state index < -0.39 is 0 Å². The first-order valence-corrected chi connectivity index (χ1v) is 6.27. The monoisotopic (exact) mass is 225 g/mol. The summed E-state index contributed by atoms with van der Waals surface area (Å²) in [5.74, 6) is 1.28. The molecule has 2 heteroatoms. The van der Waals surface area contributed by atoms with Gasteiger partial charge in [-0.15, -0.1) is 0 Å². The number of hydrogen-bond donors (Lipinski definition) is 1. The lowest BCUT2D eigenvalue weighted by Crippen LogP contribution is -2.51. The van der Waals surface area contributed by atoms with Gasteiger partial charge in [-0.05, 0) is 37.2 Å². The second kappa shape index (κ2) is 4.65. The van der Waals surface area contributed by atoms with Crippen molar-refractivity contribution in [1.29, 1.82) is 0 Å². The number of hydrogen-bond acceptors (Lipinski definition) is 1. The van der Waals surface area contributed by atoms with Crippen LogP contribution in [0.25, 0.3) is 0 Å². The molecule has 0 saturated carbocycles. The minimum absolute atomic E-state index is 0.150. The lowest BCUT2D eigenvalue weighted by Gasteiger charge is -2.39. The maximum absolute atomic E-state index is 5.43. The van der Waals surface area contributed by atoms with Crippen LogP contribution in [0.2, 0.25) is 0 Å². The molecule has 0 aliphatic carbocycles. The van der Waals surface area contributed by atoms with Crippen LogP contribution in [0, 0.1) is 11.8 Å². The summed E-state index contributed by atoms with van der Waals surface area (Å²) in [4.78, 5) is 0.964. The van der Waals surface area contributed by atoms with Crippen LogP contribution in [0.5, 0.6) is 0 Å². The van der Waals surface area contributed by atoms with E-state index in [2.05, 4.69) is 46.0 Å². The van der Waals surface area contributed by atoms with Crippen molar-refractivity contribution >= 4 is 17.2 Å². The van der Waals surface area contributed by atoms with Crippen molar-refractivity contribution in [3.05, 3.63) is 11.6 Å². The lowest BCUT2D eigenvalue weighted by atomic mass is 9.81. The SMILES string of the molecule is CC(C)CC1=CCC(C)(C(C)C)NC1=S. The first kappa shape index (κ1) is 12.7. The second-order valence-corrected chi connectivity index (χ2v) is 5.97. The van der Waals surface area contributed by atoms with Crippen molar-refractivity contribution in [2.45, 2.75) is 53.0 Å². The molecule has 0 amide bonds. The van der Waals surface area contributed by atoms with Crippen LogP contribution < -0.4 is 5.32 Å². The normalized spacial score (nSPS) is 26.9. The molecule has 0 bridgehead atoms. The van der Waals surface area contributed by atoms with Gasteiger partial charge in [0.2, 0.25) is 0 Å². The van der Waals surface area contributed by atoms with E-state index in [-0.39, 0.29) is 5.54 Å². The summed E-state index contributed by atoms with van der Waals surface area (Å²) in [6, 6.07) is 0. The Morgan fingerprint density at radius 1 is 1.40 bits per heavy atom. The van der Waals surface area contributed by atoms with Crippen molar-refractivity contribution in [1.82, 2.24) is 5.32 Å². The lowest BCUT2D eigenvalue weighted by molar-refractivity contribution is 0.301. The Kier molecular flexibility index (Phi) is 3.93. The third-order valence-electron chi connectivity index (χ3n) is 3.37. The molecule has 1 rings (SSSR count). The van der Waals surface area contributed by atoms with Crippen molar-refractivity contribution < 1.29 is 0 Å². The van der Waals surface area contributed by atoms with E-state index in [0.29, 0.717) is 11.8 Å². The first-order valence-electron chi connectivity index (χ1n) is 5.86. The summed E-state index contributed by atoms with van der Waals surface area (Å²) in [6.45, 7) is 11.2. The van der Waals surface area contributed by atoms with Gasteiger partial charge in [0.05, 0.1) is 0 Å². The highest BCUT2D eigenvalue weighted by Gasteiger charge is 2.31. The third kappa shape index (κ3) is 3.04. The smallest absolute Gasteiger partial charge is 0.102 e. The molecule has 0 fully saturated rings. The van der Waals surface area contributed by atoms with Gasteiger partial charge in [-0.3, -0.25) is 0 Å². The van der Waals surface area contributed by atoms with Crippen molar-refractivity contribution in [3.8, 4) is 0 Å². The topological polar surface area (TPSA) is 12.0 Å². The van der Waals surface area contributed by atoms with Crippen molar-refractivity contribution in [3.63, 3.8) is 0 Å². The molecule has 0 spiro atoms. The zero-order valence-electron chi connectivity index (χ0n) is 10.6. The molecule has 1 unspecified atom stereocenters. The van der Waals surface area contributed by atoms with E-state index in [1.807, 2.05) is 0 Å². The van der Waals surface area contributed by atoms with Gasteiger partial charge in [0.25, 0.3) is 0 Å². The molecule has 0 saturated heterocycles. The molecule has 0 aromatic rings. The predicted molar refractivity (Wildman–Crippen MR) is 71.1 cm³/mol. The zero-order valence-corrected chi connectivity index (χ0v) is 11.4. The van der Waals surface area contributed by atoms with Gasteiger partial charge < -0.3 is 5.32 Å². The molecule has 0 radical (unpaired) electrons. The van der Waals surface area contributed by atoms with E-state index in [1.165, 1.54) is 5.57 Å². The van der Waals surface area contributed by atoms with Gasteiger partial charge in [-0.1, -0.05) is 46.0 Å². The maximum Gasteiger partial charge on any atom is 0.102 e. The van der Waals surface area contributed by atoms with Crippen LogP contribution >= 0.6 is 12.2 Å². The highest BCUT2D eigenvalue weighted by atomic mass is 32.1. The average molecular weight is 225 g/mol. The summed E-state index contributed by atoms with van der Waals surface area (Å²) in [7, 11) is 0. The van der Waals surface area contributed by atoms with Gasteiger partial charge in [-0.25, -0.2) is 0 Å². The van der Waals surface area contributed by atoms with Gasteiger partial charge in [-0.2, -0.15) is 0 Å². The molecule has 1 heterocycles. The molecule has 1 N–H and O–H groups in total. The number of thiocarbonyl (C=S) groups is 1. The van der Waals surface area contributed by atoms with Gasteiger partial charge in [0.15, 0.2) is 0 Å². The van der Waals surface area contributed by atoms with Gasteiger partial charge >= 0.3 is 0 Å². The summed E-state index contributed by atoms with van der Waals surface area (Å²) in [5, 5.41) is 3.51. The minimum Gasteiger partial charge on any atom is -0.370 e. The van der Waals surface area contributed by atoms with Crippen LogP contribution in [-0.2, 0) is 0 Å². The molecule has 0 aromatic heterocycles. The van der Waals surface area contributed by atoms with E-state index in [4.69, 9.17) is 12.2 Å². The zero-order chi connectivity index (χ0) is 11.6. The molecule has 0 aromatic carbocycles. The molecule has 1 atom stereocenters. The van der Waals surface area contributed by atoms with E-state index in [1.54, 1.807) is 0 Å². The van der Waals surface area contributed by atoms with Crippen molar-refractivity contribution in [2.24, 2.45) is 11.8 Å². The molecular weight excluding hydrogens is 202 g/mol. The molecule has 15 heavy (non-hydrogen) atoms. The standard InChI is InChI=1S/C13H23NS/c1-9(2)8-11-6-7-13(5,10(3)4)14-12(11)15/h6,9-10H,7-8H2,1-5H3,(H,14,15). The van der Waals surface area contributed by atoms with Gasteiger partial charge in [0, 0.05) is 5.54 Å². The largest absolute Gasteiger partial charge is 0.370 e. The van der Waals surface area contributed by atoms with Crippen LogP contribution in [-0.4, -0.2) is 10.5 Å². The summed E-state index contributed by atoms with van der Waals surface area (Å²) in [6.07, 6.45) is 4.52. The number of nitrogens with one attached hydrogen (secondary N) is 1. The molecule has 1 aliphatic heterocycles. The highest BCUT2D eigenvalue weighted by molar-refractivity contribution is 7.80. The van der Waals surface area contributed by atoms with E-state index >= 15 is 0 Å².